The van der Waals surface area contributed by atoms with E-state index in [0.717, 1.165) is 11.1 Å². The van der Waals surface area contributed by atoms with Crippen LogP contribution in [0.25, 0.3) is 0 Å². The number of aryl methyl sites for hydroxylation is 1. The maximum Gasteiger partial charge on any atom is 0.261 e. The van der Waals surface area contributed by atoms with Gasteiger partial charge >= 0.3 is 0 Å². The zero-order chi connectivity index (χ0) is 16.3. The first-order valence-corrected chi connectivity index (χ1v) is 8.66. The molecule has 0 aliphatic heterocycles. The van der Waals surface area contributed by atoms with E-state index < -0.39 is 10.0 Å². The first-order valence-electron chi connectivity index (χ1n) is 7.18. The lowest BCUT2D eigenvalue weighted by molar-refractivity contribution is 0.601. The number of rotatable bonds is 5. The fourth-order valence-electron chi connectivity index (χ4n) is 2.26. The van der Waals surface area contributed by atoms with Crippen molar-refractivity contribution in [3.63, 3.8) is 0 Å². The second-order valence-electron chi connectivity index (χ2n) is 5.31. The molecule has 1 aromatic heterocycles. The lowest BCUT2D eigenvalue weighted by atomic mass is 10.2. The molecule has 3 aromatic rings. The Bertz CT molecular complexity index is 886. The summed E-state index contributed by atoms with van der Waals surface area (Å²) in [4.78, 5) is 4.25. The van der Waals surface area contributed by atoms with E-state index in [1.807, 2.05) is 35.9 Å². The number of hydrogen-bond acceptors (Lipinski definition) is 3. The molecule has 1 heterocycles. The van der Waals surface area contributed by atoms with Gasteiger partial charge in [-0.1, -0.05) is 35.9 Å². The summed E-state index contributed by atoms with van der Waals surface area (Å²) in [5.74, 6) is 0. The van der Waals surface area contributed by atoms with Crippen molar-refractivity contribution in [1.82, 2.24) is 9.55 Å². The summed E-state index contributed by atoms with van der Waals surface area (Å²) in [5.41, 5.74) is 2.47. The summed E-state index contributed by atoms with van der Waals surface area (Å²) in [6.07, 6.45) is 5.23. The fourth-order valence-corrected chi connectivity index (χ4v) is 3.36. The van der Waals surface area contributed by atoms with Gasteiger partial charge < -0.3 is 4.57 Å². The van der Waals surface area contributed by atoms with Crippen LogP contribution in [0.15, 0.2) is 72.1 Å². The molecule has 1 N–H and O–H groups in total. The minimum Gasteiger partial charge on any atom is -0.333 e. The van der Waals surface area contributed by atoms with Gasteiger partial charge in [-0.2, -0.15) is 0 Å². The van der Waals surface area contributed by atoms with E-state index in [1.165, 1.54) is 0 Å². The van der Waals surface area contributed by atoms with Crippen molar-refractivity contribution in [3.8, 4) is 0 Å². The normalized spacial score (nSPS) is 11.3. The summed E-state index contributed by atoms with van der Waals surface area (Å²) < 4.78 is 29.6. The number of nitrogens with one attached hydrogen (secondary N) is 1. The van der Waals surface area contributed by atoms with E-state index in [2.05, 4.69) is 9.71 Å². The molecule has 0 unspecified atom stereocenters. The molecule has 3 rings (SSSR count). The van der Waals surface area contributed by atoms with Crippen LogP contribution in [-0.2, 0) is 16.6 Å². The molecule has 0 aliphatic rings. The highest BCUT2D eigenvalue weighted by atomic mass is 32.2. The summed E-state index contributed by atoms with van der Waals surface area (Å²) in [6.45, 7) is 2.47. The Morgan fingerprint density at radius 1 is 1.09 bits per heavy atom. The number of aromatic nitrogens is 2. The van der Waals surface area contributed by atoms with Gasteiger partial charge in [-0.15, -0.1) is 0 Å². The molecule has 118 valence electrons. The summed E-state index contributed by atoms with van der Waals surface area (Å²) >= 11 is 0. The number of imidazole rings is 1. The Morgan fingerprint density at radius 2 is 1.83 bits per heavy atom. The van der Waals surface area contributed by atoms with Gasteiger partial charge in [0.15, 0.2) is 0 Å². The average Bonchev–Trinajstić information content (AvgIpc) is 3.02. The van der Waals surface area contributed by atoms with E-state index in [-0.39, 0.29) is 4.90 Å². The molecule has 0 saturated carbocycles. The van der Waals surface area contributed by atoms with Gasteiger partial charge in [0.2, 0.25) is 0 Å². The molecule has 0 atom stereocenters. The highest BCUT2D eigenvalue weighted by Crippen LogP contribution is 2.21. The first kappa shape index (κ1) is 15.3. The minimum absolute atomic E-state index is 0.250. The molecule has 0 bridgehead atoms. The predicted molar refractivity (Wildman–Crippen MR) is 89.8 cm³/mol. The van der Waals surface area contributed by atoms with Crippen LogP contribution in [0.5, 0.6) is 0 Å². The Morgan fingerprint density at radius 3 is 2.52 bits per heavy atom. The molecular formula is C17H17N3O2S. The quantitative estimate of drug-likeness (QED) is 0.783. The van der Waals surface area contributed by atoms with E-state index in [0.29, 0.717) is 12.2 Å². The number of anilines is 1. The minimum atomic E-state index is -3.61. The SMILES string of the molecule is Cc1ccc(S(=O)(=O)Nc2ccccc2Cn2ccnc2)cc1. The molecule has 0 amide bonds. The number of benzene rings is 2. The molecule has 2 aromatic carbocycles. The number of nitrogens with zero attached hydrogens (tertiary/aromatic N) is 2. The zero-order valence-electron chi connectivity index (χ0n) is 12.7. The fraction of sp³-hybridized carbons (Fsp3) is 0.118. The van der Waals surface area contributed by atoms with Crippen molar-refractivity contribution in [2.45, 2.75) is 18.4 Å². The summed E-state index contributed by atoms with van der Waals surface area (Å²) in [5, 5.41) is 0. The van der Waals surface area contributed by atoms with E-state index >= 15 is 0 Å². The van der Waals surface area contributed by atoms with Gasteiger partial charge in [0, 0.05) is 12.4 Å². The summed E-state index contributed by atoms with van der Waals surface area (Å²) in [7, 11) is -3.61. The monoisotopic (exact) mass is 327 g/mol. The van der Waals surface area contributed by atoms with Crippen LogP contribution < -0.4 is 4.72 Å². The molecule has 0 radical (unpaired) electrons. The summed E-state index contributed by atoms with van der Waals surface area (Å²) in [6, 6.07) is 14.1. The second kappa shape index (κ2) is 6.26. The van der Waals surface area contributed by atoms with Crippen molar-refractivity contribution >= 4 is 15.7 Å². The van der Waals surface area contributed by atoms with Crippen LogP contribution in [0.3, 0.4) is 0 Å². The Hall–Kier alpha value is -2.60. The lowest BCUT2D eigenvalue weighted by Crippen LogP contribution is -2.14. The Balaban J connectivity index is 1.89. The van der Waals surface area contributed by atoms with Crippen LogP contribution in [0, 0.1) is 6.92 Å². The topological polar surface area (TPSA) is 64.0 Å². The van der Waals surface area contributed by atoms with Gasteiger partial charge in [-0.25, -0.2) is 13.4 Å². The average molecular weight is 327 g/mol. The van der Waals surface area contributed by atoms with Gasteiger partial charge in [0.1, 0.15) is 0 Å². The molecule has 0 fully saturated rings. The van der Waals surface area contributed by atoms with Crippen molar-refractivity contribution in [3.05, 3.63) is 78.4 Å². The highest BCUT2D eigenvalue weighted by Gasteiger charge is 2.15. The molecule has 0 saturated heterocycles. The van der Waals surface area contributed by atoms with E-state index in [1.54, 1.807) is 42.9 Å². The number of hydrogen-bond donors (Lipinski definition) is 1. The molecular weight excluding hydrogens is 310 g/mol. The van der Waals surface area contributed by atoms with Crippen LogP contribution in [0.2, 0.25) is 0 Å². The standard InChI is InChI=1S/C17H17N3O2S/c1-14-6-8-16(9-7-14)23(21,22)19-17-5-3-2-4-15(17)12-20-11-10-18-13-20/h2-11,13,19H,12H2,1H3. The number of sulfonamides is 1. The van der Waals surface area contributed by atoms with Crippen LogP contribution in [0.4, 0.5) is 5.69 Å². The molecule has 0 aliphatic carbocycles. The van der Waals surface area contributed by atoms with Crippen LogP contribution in [0.1, 0.15) is 11.1 Å². The van der Waals surface area contributed by atoms with Crippen molar-refractivity contribution < 1.29 is 8.42 Å². The molecule has 6 heteroatoms. The second-order valence-corrected chi connectivity index (χ2v) is 6.99. The maximum absolute atomic E-state index is 12.5. The molecule has 0 spiro atoms. The van der Waals surface area contributed by atoms with Gasteiger partial charge in [0.05, 0.1) is 23.5 Å². The van der Waals surface area contributed by atoms with Gasteiger partial charge in [0.25, 0.3) is 10.0 Å². The molecule has 5 nitrogen and oxygen atoms in total. The number of para-hydroxylation sites is 1. The lowest BCUT2D eigenvalue weighted by Gasteiger charge is -2.13. The zero-order valence-corrected chi connectivity index (χ0v) is 13.5. The van der Waals surface area contributed by atoms with Crippen molar-refractivity contribution in [2.24, 2.45) is 0 Å². The third kappa shape index (κ3) is 3.60. The highest BCUT2D eigenvalue weighted by molar-refractivity contribution is 7.92. The Labute approximate surface area is 135 Å². The van der Waals surface area contributed by atoms with Gasteiger partial charge in [-0.05, 0) is 30.7 Å². The Kier molecular flexibility index (Phi) is 4.16. The van der Waals surface area contributed by atoms with Crippen molar-refractivity contribution in [2.75, 3.05) is 4.72 Å². The third-order valence-corrected chi connectivity index (χ3v) is 4.89. The maximum atomic E-state index is 12.5. The smallest absolute Gasteiger partial charge is 0.261 e. The van der Waals surface area contributed by atoms with Gasteiger partial charge in [-0.3, -0.25) is 4.72 Å². The molecule has 23 heavy (non-hydrogen) atoms. The van der Waals surface area contributed by atoms with Crippen molar-refractivity contribution in [1.29, 1.82) is 0 Å². The van der Waals surface area contributed by atoms with E-state index in [4.69, 9.17) is 0 Å². The van der Waals surface area contributed by atoms with Crippen LogP contribution >= 0.6 is 0 Å². The first-order chi connectivity index (χ1) is 11.0. The van der Waals surface area contributed by atoms with E-state index in [9.17, 15) is 8.42 Å². The largest absolute Gasteiger partial charge is 0.333 e. The van der Waals surface area contributed by atoms with Crippen LogP contribution in [-0.4, -0.2) is 18.0 Å². The third-order valence-electron chi connectivity index (χ3n) is 3.51. The predicted octanol–water partition coefficient (Wildman–Crippen LogP) is 3.04.